The van der Waals surface area contributed by atoms with Crippen LogP contribution in [0.25, 0.3) is 11.0 Å². The Balaban J connectivity index is 1.34. The second-order valence-corrected chi connectivity index (χ2v) is 8.78. The monoisotopic (exact) mass is 450 g/mol. The number of fused-ring (bicyclic) bond motifs is 1. The lowest BCUT2D eigenvalue weighted by atomic mass is 9.97. The van der Waals surface area contributed by atoms with Crippen LogP contribution in [0.3, 0.4) is 0 Å². The number of piperidine rings is 2. The highest BCUT2D eigenvalue weighted by molar-refractivity contribution is 5.93. The zero-order valence-corrected chi connectivity index (χ0v) is 18.9. The van der Waals surface area contributed by atoms with E-state index in [-0.39, 0.29) is 17.8 Å². The van der Waals surface area contributed by atoms with E-state index in [4.69, 9.17) is 4.74 Å². The third-order valence-corrected chi connectivity index (χ3v) is 6.84. The standard InChI is InChI=1S/C24H30N6O3/c1-2-33-19-6-7-21-20(13-19)27-24(32)30(21)22-5-3-4-10-29(22)18-8-11-28(12-9-18)23(31)17-14-25-16-26-15-17/h6-7,13-16,18,22H,2-5,8-12H2,1H3,(H,27,32). The number of H-pyrrole nitrogens is 1. The maximum Gasteiger partial charge on any atom is 0.327 e. The lowest BCUT2D eigenvalue weighted by Gasteiger charge is -2.44. The first kappa shape index (κ1) is 21.6. The zero-order valence-electron chi connectivity index (χ0n) is 18.9. The van der Waals surface area contributed by atoms with Gasteiger partial charge in [0.2, 0.25) is 0 Å². The molecule has 3 aromatic rings. The Morgan fingerprint density at radius 3 is 2.67 bits per heavy atom. The van der Waals surface area contributed by atoms with Gasteiger partial charge in [-0.1, -0.05) is 0 Å². The highest BCUT2D eigenvalue weighted by Gasteiger charge is 2.34. The summed E-state index contributed by atoms with van der Waals surface area (Å²) >= 11 is 0. The van der Waals surface area contributed by atoms with Crippen molar-refractivity contribution in [3.8, 4) is 5.75 Å². The lowest BCUT2D eigenvalue weighted by Crippen LogP contribution is -2.51. The number of benzene rings is 1. The van der Waals surface area contributed by atoms with E-state index in [1.807, 2.05) is 34.6 Å². The number of likely N-dealkylation sites (tertiary alicyclic amines) is 2. The molecule has 9 heteroatoms. The number of rotatable bonds is 5. The maximum atomic E-state index is 13.0. The van der Waals surface area contributed by atoms with E-state index in [0.29, 0.717) is 31.3 Å². The van der Waals surface area contributed by atoms with Gasteiger partial charge in [-0.05, 0) is 51.2 Å². The first-order valence-corrected chi connectivity index (χ1v) is 11.8. The van der Waals surface area contributed by atoms with Crippen LogP contribution in [0.4, 0.5) is 0 Å². The SMILES string of the molecule is CCOc1ccc2c(c1)[nH]c(=O)n2C1CCCCN1C1CCN(C(=O)c2cncnc2)CC1. The molecule has 0 saturated carbocycles. The predicted molar refractivity (Wildman–Crippen MR) is 124 cm³/mol. The minimum atomic E-state index is -0.0766. The maximum absolute atomic E-state index is 13.0. The number of imidazole rings is 1. The molecule has 2 fully saturated rings. The molecular formula is C24H30N6O3. The third kappa shape index (κ3) is 4.25. The molecule has 0 spiro atoms. The molecule has 1 N–H and O–H groups in total. The van der Waals surface area contributed by atoms with Crippen LogP contribution in [-0.4, -0.2) is 67.5 Å². The number of nitrogens with zero attached hydrogens (tertiary/aromatic N) is 5. The normalized spacial score (nSPS) is 20.3. The van der Waals surface area contributed by atoms with Gasteiger partial charge in [0.25, 0.3) is 5.91 Å². The van der Waals surface area contributed by atoms with Gasteiger partial charge in [0.15, 0.2) is 0 Å². The van der Waals surface area contributed by atoms with Crippen molar-refractivity contribution in [1.82, 2.24) is 29.3 Å². The van der Waals surface area contributed by atoms with E-state index >= 15 is 0 Å². The molecule has 33 heavy (non-hydrogen) atoms. The number of hydrogen-bond donors (Lipinski definition) is 1. The molecule has 1 atom stereocenters. The van der Waals surface area contributed by atoms with E-state index in [9.17, 15) is 9.59 Å². The first-order chi connectivity index (χ1) is 16.2. The highest BCUT2D eigenvalue weighted by atomic mass is 16.5. The summed E-state index contributed by atoms with van der Waals surface area (Å²) < 4.78 is 7.52. The Labute approximate surface area is 192 Å². The van der Waals surface area contributed by atoms with Crippen molar-refractivity contribution in [3.63, 3.8) is 0 Å². The van der Waals surface area contributed by atoms with Gasteiger partial charge in [0.1, 0.15) is 12.1 Å². The average Bonchev–Trinajstić information content (AvgIpc) is 3.19. The Morgan fingerprint density at radius 2 is 1.91 bits per heavy atom. The first-order valence-electron chi connectivity index (χ1n) is 11.8. The number of hydrogen-bond acceptors (Lipinski definition) is 6. The number of aromatic nitrogens is 4. The quantitative estimate of drug-likeness (QED) is 0.642. The molecule has 1 unspecified atom stereocenters. The molecule has 5 rings (SSSR count). The number of nitrogens with one attached hydrogen (secondary N) is 1. The number of amides is 1. The fourth-order valence-electron chi connectivity index (χ4n) is 5.29. The molecule has 0 aliphatic carbocycles. The van der Waals surface area contributed by atoms with Gasteiger partial charge in [0.05, 0.1) is 29.4 Å². The second kappa shape index (κ2) is 9.35. The van der Waals surface area contributed by atoms with Crippen molar-refractivity contribution in [2.24, 2.45) is 0 Å². The summed E-state index contributed by atoms with van der Waals surface area (Å²) in [5.74, 6) is 0.752. The van der Waals surface area contributed by atoms with Gasteiger partial charge >= 0.3 is 5.69 Å². The molecule has 2 saturated heterocycles. The topological polar surface area (TPSA) is 96.4 Å². The molecule has 1 aromatic carbocycles. The van der Waals surface area contributed by atoms with Crippen molar-refractivity contribution in [3.05, 3.63) is 53.0 Å². The van der Waals surface area contributed by atoms with Crippen LogP contribution >= 0.6 is 0 Å². The number of carbonyl (C=O) groups is 1. The summed E-state index contributed by atoms with van der Waals surface area (Å²) in [5.41, 5.74) is 2.18. The van der Waals surface area contributed by atoms with Crippen molar-refractivity contribution in [2.75, 3.05) is 26.2 Å². The number of aromatic amines is 1. The molecule has 1 amide bonds. The van der Waals surface area contributed by atoms with Gasteiger partial charge < -0.3 is 14.6 Å². The fraction of sp³-hybridized carbons (Fsp3) is 0.500. The Bertz CT molecular complexity index is 1170. The van der Waals surface area contributed by atoms with Crippen molar-refractivity contribution >= 4 is 16.9 Å². The molecular weight excluding hydrogens is 420 g/mol. The Morgan fingerprint density at radius 1 is 1.12 bits per heavy atom. The summed E-state index contributed by atoms with van der Waals surface area (Å²) in [4.78, 5) is 41.1. The minimum Gasteiger partial charge on any atom is -0.494 e. The average molecular weight is 451 g/mol. The van der Waals surface area contributed by atoms with Crippen molar-refractivity contribution in [2.45, 2.75) is 51.2 Å². The molecule has 174 valence electrons. The van der Waals surface area contributed by atoms with Crippen LogP contribution in [0.5, 0.6) is 5.75 Å². The largest absolute Gasteiger partial charge is 0.494 e. The van der Waals surface area contributed by atoms with Gasteiger partial charge in [-0.3, -0.25) is 14.3 Å². The van der Waals surface area contributed by atoms with Crippen LogP contribution in [0.2, 0.25) is 0 Å². The van der Waals surface area contributed by atoms with Crippen LogP contribution in [-0.2, 0) is 0 Å². The van der Waals surface area contributed by atoms with Gasteiger partial charge in [-0.25, -0.2) is 14.8 Å². The molecule has 2 aliphatic rings. The van der Waals surface area contributed by atoms with Crippen molar-refractivity contribution in [1.29, 1.82) is 0 Å². The summed E-state index contributed by atoms with van der Waals surface area (Å²) in [6.45, 7) is 4.89. The number of ether oxygens (including phenoxy) is 1. The Hall–Kier alpha value is -3.20. The summed E-state index contributed by atoms with van der Waals surface area (Å²) in [5, 5.41) is 0. The smallest absolute Gasteiger partial charge is 0.327 e. The third-order valence-electron chi connectivity index (χ3n) is 6.84. The highest BCUT2D eigenvalue weighted by Crippen LogP contribution is 2.33. The van der Waals surface area contributed by atoms with E-state index in [1.165, 1.54) is 6.33 Å². The summed E-state index contributed by atoms with van der Waals surface area (Å²) in [6.07, 6.45) is 9.55. The molecule has 0 radical (unpaired) electrons. The minimum absolute atomic E-state index is 0.0119. The molecule has 2 aromatic heterocycles. The van der Waals surface area contributed by atoms with E-state index < -0.39 is 0 Å². The molecule has 2 aliphatic heterocycles. The van der Waals surface area contributed by atoms with Gasteiger partial charge in [0, 0.05) is 44.1 Å². The second-order valence-electron chi connectivity index (χ2n) is 8.78. The van der Waals surface area contributed by atoms with Crippen LogP contribution in [0, 0.1) is 0 Å². The van der Waals surface area contributed by atoms with E-state index in [2.05, 4.69) is 19.9 Å². The van der Waals surface area contributed by atoms with Crippen LogP contribution in [0.1, 0.15) is 55.6 Å². The molecule has 9 nitrogen and oxygen atoms in total. The van der Waals surface area contributed by atoms with Crippen LogP contribution < -0.4 is 10.4 Å². The summed E-state index contributed by atoms with van der Waals surface area (Å²) in [6, 6.07) is 6.15. The van der Waals surface area contributed by atoms with Gasteiger partial charge in [-0.2, -0.15) is 0 Å². The summed E-state index contributed by atoms with van der Waals surface area (Å²) in [7, 11) is 0. The molecule has 0 bridgehead atoms. The molecule has 4 heterocycles. The van der Waals surface area contributed by atoms with E-state index in [1.54, 1.807) is 12.4 Å². The zero-order chi connectivity index (χ0) is 22.8. The fourth-order valence-corrected chi connectivity index (χ4v) is 5.29. The lowest BCUT2D eigenvalue weighted by molar-refractivity contribution is 0.0181. The van der Waals surface area contributed by atoms with E-state index in [0.717, 1.165) is 55.4 Å². The Kier molecular flexibility index (Phi) is 6.13. The number of carbonyl (C=O) groups excluding carboxylic acids is 1. The predicted octanol–water partition coefficient (Wildman–Crippen LogP) is 2.81. The van der Waals surface area contributed by atoms with Gasteiger partial charge in [-0.15, -0.1) is 0 Å². The van der Waals surface area contributed by atoms with Crippen molar-refractivity contribution < 1.29 is 9.53 Å². The van der Waals surface area contributed by atoms with Crippen LogP contribution in [0.15, 0.2) is 41.7 Å².